The van der Waals surface area contributed by atoms with Crippen LogP contribution in [0.4, 0.5) is 5.69 Å². The van der Waals surface area contributed by atoms with E-state index in [-0.39, 0.29) is 23.9 Å². The number of aromatic nitrogens is 2. The van der Waals surface area contributed by atoms with Crippen LogP contribution in [-0.4, -0.2) is 41.1 Å². The van der Waals surface area contributed by atoms with Gasteiger partial charge in [-0.3, -0.25) is 14.7 Å². The molecule has 1 aliphatic rings. The van der Waals surface area contributed by atoms with Gasteiger partial charge in [0.1, 0.15) is 6.04 Å². The van der Waals surface area contributed by atoms with Crippen LogP contribution in [0.1, 0.15) is 37.6 Å². The lowest BCUT2D eigenvalue weighted by Gasteiger charge is -2.31. The van der Waals surface area contributed by atoms with Crippen LogP contribution in [0.15, 0.2) is 48.5 Å². The summed E-state index contributed by atoms with van der Waals surface area (Å²) in [5.41, 5.74) is 3.72. The van der Waals surface area contributed by atoms with Gasteiger partial charge in [0, 0.05) is 11.1 Å². The van der Waals surface area contributed by atoms with E-state index < -0.39 is 6.04 Å². The van der Waals surface area contributed by atoms with E-state index in [0.717, 1.165) is 27.8 Å². The number of benzene rings is 2. The molecular formula is C23H27N5O2. The van der Waals surface area contributed by atoms with Gasteiger partial charge in [-0.2, -0.15) is 5.10 Å². The number of hydrogen-bond acceptors (Lipinski definition) is 4. The van der Waals surface area contributed by atoms with E-state index in [0.29, 0.717) is 12.8 Å². The normalized spacial score (nSPS) is 18.6. The van der Waals surface area contributed by atoms with Crippen LogP contribution in [0, 0.1) is 0 Å². The Labute approximate surface area is 175 Å². The Hall–Kier alpha value is -3.19. The highest BCUT2D eigenvalue weighted by Gasteiger charge is 2.35. The first-order valence-electron chi connectivity index (χ1n) is 10.3. The molecule has 4 rings (SSSR count). The molecule has 0 aliphatic carbocycles. The van der Waals surface area contributed by atoms with Crippen molar-refractivity contribution in [3.05, 3.63) is 59.8 Å². The Morgan fingerprint density at radius 1 is 1.17 bits per heavy atom. The molecule has 30 heavy (non-hydrogen) atoms. The number of carbonyl (C=O) groups is 2. The molecule has 7 nitrogen and oxygen atoms in total. The van der Waals surface area contributed by atoms with Crippen LogP contribution in [-0.2, 0) is 16.0 Å². The summed E-state index contributed by atoms with van der Waals surface area (Å²) in [7, 11) is 1.73. The number of rotatable bonds is 5. The fourth-order valence-electron chi connectivity index (χ4n) is 4.06. The second-order valence-electron chi connectivity index (χ2n) is 7.78. The number of aromatic amines is 1. The third-order valence-corrected chi connectivity index (χ3v) is 5.93. The molecular weight excluding hydrogens is 378 g/mol. The van der Waals surface area contributed by atoms with Crippen molar-refractivity contribution in [3.8, 4) is 0 Å². The predicted molar refractivity (Wildman–Crippen MR) is 117 cm³/mol. The third kappa shape index (κ3) is 3.57. The smallest absolute Gasteiger partial charge is 0.250 e. The van der Waals surface area contributed by atoms with Gasteiger partial charge in [0.15, 0.2) is 0 Å². The molecule has 0 spiro atoms. The molecule has 1 unspecified atom stereocenters. The van der Waals surface area contributed by atoms with Crippen molar-refractivity contribution in [2.24, 2.45) is 0 Å². The highest BCUT2D eigenvalue weighted by molar-refractivity contribution is 6.02. The third-order valence-electron chi connectivity index (χ3n) is 5.93. The Kier molecular flexibility index (Phi) is 5.55. The van der Waals surface area contributed by atoms with Gasteiger partial charge in [-0.15, -0.1) is 0 Å². The summed E-state index contributed by atoms with van der Waals surface area (Å²) in [6.07, 6.45) is 1.28. The summed E-state index contributed by atoms with van der Waals surface area (Å²) in [6.45, 7) is 3.78. The van der Waals surface area contributed by atoms with Crippen LogP contribution < -0.4 is 15.5 Å². The Bertz CT molecular complexity index is 1080. The van der Waals surface area contributed by atoms with Gasteiger partial charge in [0.05, 0.1) is 23.3 Å². The second-order valence-corrected chi connectivity index (χ2v) is 7.78. The lowest BCUT2D eigenvalue weighted by Crippen LogP contribution is -2.52. The highest BCUT2D eigenvalue weighted by Crippen LogP contribution is 2.35. The number of fused-ring (bicyclic) bond motifs is 2. The van der Waals surface area contributed by atoms with Gasteiger partial charge in [-0.05, 0) is 51.4 Å². The van der Waals surface area contributed by atoms with Crippen molar-refractivity contribution in [1.29, 1.82) is 0 Å². The highest BCUT2D eigenvalue weighted by atomic mass is 16.2. The lowest BCUT2D eigenvalue weighted by molar-refractivity contribution is -0.128. The summed E-state index contributed by atoms with van der Waals surface area (Å²) in [5, 5.41) is 14.4. The monoisotopic (exact) mass is 405 g/mol. The zero-order valence-corrected chi connectivity index (χ0v) is 17.5. The van der Waals surface area contributed by atoms with Crippen molar-refractivity contribution >= 4 is 28.4 Å². The molecule has 1 aromatic heterocycles. The lowest BCUT2D eigenvalue weighted by atomic mass is 10.1. The zero-order valence-electron chi connectivity index (χ0n) is 17.5. The van der Waals surface area contributed by atoms with Gasteiger partial charge in [-0.1, -0.05) is 36.4 Å². The average molecular weight is 406 g/mol. The number of nitrogens with one attached hydrogen (secondary N) is 3. The Morgan fingerprint density at radius 2 is 1.90 bits per heavy atom. The van der Waals surface area contributed by atoms with Gasteiger partial charge >= 0.3 is 0 Å². The number of carbonyl (C=O) groups excluding carboxylic acids is 2. The molecule has 2 heterocycles. The van der Waals surface area contributed by atoms with Crippen molar-refractivity contribution < 1.29 is 9.59 Å². The molecule has 1 aliphatic heterocycles. The average Bonchev–Trinajstić information content (AvgIpc) is 3.15. The molecule has 0 fully saturated rings. The first-order valence-corrected chi connectivity index (χ1v) is 10.3. The summed E-state index contributed by atoms with van der Waals surface area (Å²) < 4.78 is 0. The first-order chi connectivity index (χ1) is 14.5. The number of nitrogens with zero attached hydrogens (tertiary/aromatic N) is 2. The zero-order chi connectivity index (χ0) is 21.3. The molecule has 3 atom stereocenters. The largest absolute Gasteiger partial charge is 0.343 e. The Balaban J connectivity index is 1.74. The predicted octanol–water partition coefficient (Wildman–Crippen LogP) is 2.70. The van der Waals surface area contributed by atoms with Gasteiger partial charge in [0.2, 0.25) is 11.8 Å². The quantitative estimate of drug-likeness (QED) is 0.609. The van der Waals surface area contributed by atoms with Crippen molar-refractivity contribution in [3.63, 3.8) is 0 Å². The number of anilines is 1. The molecule has 2 amide bonds. The first kappa shape index (κ1) is 20.1. The molecule has 156 valence electrons. The van der Waals surface area contributed by atoms with Gasteiger partial charge in [0.25, 0.3) is 0 Å². The minimum Gasteiger partial charge on any atom is -0.343 e. The minimum atomic E-state index is -0.586. The van der Waals surface area contributed by atoms with Crippen LogP contribution in [0.25, 0.3) is 10.9 Å². The van der Waals surface area contributed by atoms with Crippen LogP contribution in [0.3, 0.4) is 0 Å². The van der Waals surface area contributed by atoms with Crippen molar-refractivity contribution in [2.45, 2.75) is 44.8 Å². The van der Waals surface area contributed by atoms with E-state index in [2.05, 4.69) is 20.8 Å². The van der Waals surface area contributed by atoms with Gasteiger partial charge in [-0.25, -0.2) is 0 Å². The second kappa shape index (κ2) is 8.28. The molecule has 0 saturated carbocycles. The van der Waals surface area contributed by atoms with E-state index in [1.165, 1.54) is 0 Å². The summed E-state index contributed by atoms with van der Waals surface area (Å²) in [4.78, 5) is 28.0. The summed E-state index contributed by atoms with van der Waals surface area (Å²) >= 11 is 0. The maximum Gasteiger partial charge on any atom is 0.250 e. The fourth-order valence-corrected chi connectivity index (χ4v) is 4.06. The minimum absolute atomic E-state index is 0.109. The van der Waals surface area contributed by atoms with Crippen LogP contribution >= 0.6 is 0 Å². The number of likely N-dealkylation sites (N-methyl/N-ethyl adjacent to an activating group) is 1. The standard InChI is InChI=1S/C23H27N5O2/c1-14(24-3)22(29)25-19-13-12-16-8-4-7-11-20(16)28(23(19)30)15(2)21-17-9-5-6-10-18(17)26-27-21/h4-11,14-15,19,24H,12-13H2,1-3H3,(H,25,29)(H,26,27)/t14?,15-,19-/m0/s1. The van der Waals surface area contributed by atoms with Crippen molar-refractivity contribution in [2.75, 3.05) is 11.9 Å². The Morgan fingerprint density at radius 3 is 2.70 bits per heavy atom. The summed E-state index contributed by atoms with van der Waals surface area (Å²) in [5.74, 6) is -0.288. The van der Waals surface area contributed by atoms with E-state index in [9.17, 15) is 9.59 Å². The van der Waals surface area contributed by atoms with Crippen molar-refractivity contribution in [1.82, 2.24) is 20.8 Å². The topological polar surface area (TPSA) is 90.1 Å². The van der Waals surface area contributed by atoms with E-state index in [1.54, 1.807) is 18.9 Å². The van der Waals surface area contributed by atoms with Crippen LogP contribution in [0.2, 0.25) is 0 Å². The number of H-pyrrole nitrogens is 1. The van der Waals surface area contributed by atoms with E-state index in [4.69, 9.17) is 0 Å². The number of hydrogen-bond donors (Lipinski definition) is 3. The maximum atomic E-state index is 13.7. The molecule has 3 aromatic rings. The van der Waals surface area contributed by atoms with Gasteiger partial charge < -0.3 is 15.5 Å². The number of aryl methyl sites for hydroxylation is 1. The molecule has 0 bridgehead atoms. The van der Waals surface area contributed by atoms with E-state index in [1.807, 2.05) is 55.5 Å². The molecule has 0 radical (unpaired) electrons. The molecule has 0 saturated heterocycles. The van der Waals surface area contributed by atoms with Crippen LogP contribution in [0.5, 0.6) is 0 Å². The summed E-state index contributed by atoms with van der Waals surface area (Å²) in [6, 6.07) is 14.6. The SMILES string of the molecule is CNC(C)C(=O)N[C@H]1CCc2ccccc2N([C@@H](C)c2[nH]nc3ccccc23)C1=O. The molecule has 2 aromatic carbocycles. The fraction of sp³-hybridized carbons (Fsp3) is 0.348. The maximum absolute atomic E-state index is 13.7. The number of para-hydroxylation sites is 2. The number of amides is 2. The molecule has 7 heteroatoms. The molecule has 3 N–H and O–H groups in total. The van der Waals surface area contributed by atoms with E-state index >= 15 is 0 Å².